The van der Waals surface area contributed by atoms with Crippen molar-refractivity contribution in [3.05, 3.63) is 5.82 Å². The Bertz CT molecular complexity index is 624. The Morgan fingerprint density at radius 2 is 2.04 bits per heavy atom. The molecule has 1 saturated heterocycles. The van der Waals surface area contributed by atoms with Crippen LogP contribution in [0.2, 0.25) is 0 Å². The molecule has 1 aromatic rings. The number of carbonyl (C=O) groups excluding carboxylic acids is 2. The van der Waals surface area contributed by atoms with E-state index in [0.29, 0.717) is 6.54 Å². The maximum absolute atomic E-state index is 12.1. The Morgan fingerprint density at radius 1 is 1.28 bits per heavy atom. The van der Waals surface area contributed by atoms with Gasteiger partial charge in [-0.3, -0.25) is 14.8 Å². The molecule has 2 aliphatic rings. The minimum absolute atomic E-state index is 0.158. The van der Waals surface area contributed by atoms with Crippen LogP contribution in [0.1, 0.15) is 58.2 Å². The molecule has 0 spiro atoms. The fraction of sp³-hybridized carbons (Fsp3) is 0.765. The second-order valence-electron chi connectivity index (χ2n) is 7.47. The molecule has 1 aliphatic heterocycles. The van der Waals surface area contributed by atoms with Crippen LogP contribution in [-0.2, 0) is 11.2 Å². The van der Waals surface area contributed by atoms with Gasteiger partial charge in [-0.1, -0.05) is 37.4 Å². The smallest absolute Gasteiger partial charge is 0.324 e. The van der Waals surface area contributed by atoms with E-state index in [4.69, 9.17) is 0 Å². The summed E-state index contributed by atoms with van der Waals surface area (Å²) in [6.07, 6.45) is 8.35. The van der Waals surface area contributed by atoms with Crippen molar-refractivity contribution >= 4 is 23.7 Å². The molecule has 2 N–H and O–H groups in total. The monoisotopic (exact) mass is 365 g/mol. The second-order valence-corrected chi connectivity index (χ2v) is 8.53. The number of aromatic nitrogens is 3. The summed E-state index contributed by atoms with van der Waals surface area (Å²) in [5, 5.41) is 10.7. The normalized spacial score (nSPS) is 20.5. The van der Waals surface area contributed by atoms with Gasteiger partial charge in [0.2, 0.25) is 5.16 Å². The van der Waals surface area contributed by atoms with E-state index in [1.54, 1.807) is 25.6 Å². The van der Waals surface area contributed by atoms with Crippen LogP contribution < -0.4 is 5.32 Å². The van der Waals surface area contributed by atoms with Crippen LogP contribution in [0, 0.1) is 5.92 Å². The van der Waals surface area contributed by atoms with Crippen molar-refractivity contribution in [1.82, 2.24) is 25.4 Å². The van der Waals surface area contributed by atoms with Crippen molar-refractivity contribution < 1.29 is 9.59 Å². The summed E-state index contributed by atoms with van der Waals surface area (Å²) < 4.78 is 0. The molecule has 1 aromatic heterocycles. The van der Waals surface area contributed by atoms with Crippen molar-refractivity contribution in [2.24, 2.45) is 5.92 Å². The van der Waals surface area contributed by atoms with Gasteiger partial charge in [-0.25, -0.2) is 9.78 Å². The zero-order valence-corrected chi connectivity index (χ0v) is 15.8. The van der Waals surface area contributed by atoms with Crippen LogP contribution >= 0.6 is 11.8 Å². The van der Waals surface area contributed by atoms with Gasteiger partial charge < -0.3 is 5.32 Å². The Balaban J connectivity index is 1.36. The minimum Gasteiger partial charge on any atom is -0.324 e. The van der Waals surface area contributed by atoms with Crippen molar-refractivity contribution in [1.29, 1.82) is 0 Å². The van der Waals surface area contributed by atoms with Crippen LogP contribution in [0.5, 0.6) is 0 Å². The molecule has 0 aromatic carbocycles. The van der Waals surface area contributed by atoms with Crippen LogP contribution in [0.15, 0.2) is 5.16 Å². The zero-order chi connectivity index (χ0) is 17.9. The predicted molar refractivity (Wildman–Crippen MR) is 96.3 cm³/mol. The van der Waals surface area contributed by atoms with Gasteiger partial charge >= 0.3 is 6.03 Å². The summed E-state index contributed by atoms with van der Waals surface area (Å²) in [5.74, 6) is 2.44. The molecule has 1 aliphatic carbocycles. The van der Waals surface area contributed by atoms with E-state index in [1.807, 2.05) is 0 Å². The van der Waals surface area contributed by atoms with Gasteiger partial charge in [0.05, 0.1) is 0 Å². The first-order chi connectivity index (χ1) is 12.0. The Morgan fingerprint density at radius 3 is 2.72 bits per heavy atom. The van der Waals surface area contributed by atoms with Gasteiger partial charge in [-0.05, 0) is 32.6 Å². The molecular weight excluding hydrogens is 338 g/mol. The van der Waals surface area contributed by atoms with E-state index in [-0.39, 0.29) is 11.9 Å². The number of urea groups is 1. The molecule has 2 fully saturated rings. The number of hydrogen-bond donors (Lipinski definition) is 2. The lowest BCUT2D eigenvalue weighted by molar-refractivity contribution is -0.130. The van der Waals surface area contributed by atoms with Gasteiger partial charge in [0.15, 0.2) is 0 Å². The highest BCUT2D eigenvalue weighted by molar-refractivity contribution is 7.99. The number of aryl methyl sites for hydroxylation is 1. The first kappa shape index (κ1) is 18.2. The van der Waals surface area contributed by atoms with Gasteiger partial charge in [0, 0.05) is 18.7 Å². The van der Waals surface area contributed by atoms with E-state index >= 15 is 0 Å². The predicted octanol–water partition coefficient (Wildman–Crippen LogP) is 2.74. The summed E-state index contributed by atoms with van der Waals surface area (Å²) in [7, 11) is 0. The van der Waals surface area contributed by atoms with E-state index in [0.717, 1.165) is 35.5 Å². The van der Waals surface area contributed by atoms with E-state index in [1.165, 1.54) is 37.0 Å². The number of carbonyl (C=O) groups is 2. The average molecular weight is 366 g/mol. The highest BCUT2D eigenvalue weighted by atomic mass is 32.2. The summed E-state index contributed by atoms with van der Waals surface area (Å²) in [5.41, 5.74) is -0.789. The standard InChI is InChI=1S/C17H27N5O2S/c1-17(2)14(23)22(16(24)19-17)10-5-11-25-15-18-13(20-21-15)9-8-12-6-3-4-7-12/h12H,3-11H2,1-2H3,(H,19,24)(H,18,20,21). The lowest BCUT2D eigenvalue weighted by Gasteiger charge is -2.15. The van der Waals surface area contributed by atoms with Crippen molar-refractivity contribution in [3.63, 3.8) is 0 Å². The lowest BCUT2D eigenvalue weighted by atomic mass is 10.0. The molecule has 0 bridgehead atoms. The topological polar surface area (TPSA) is 91.0 Å². The summed E-state index contributed by atoms with van der Waals surface area (Å²) in [6, 6.07) is -0.299. The van der Waals surface area contributed by atoms with Crippen molar-refractivity contribution in [2.75, 3.05) is 12.3 Å². The van der Waals surface area contributed by atoms with Gasteiger partial charge in [0.1, 0.15) is 11.4 Å². The number of thioether (sulfide) groups is 1. The Labute approximate surface area is 152 Å². The fourth-order valence-electron chi connectivity index (χ4n) is 3.50. The summed E-state index contributed by atoms with van der Waals surface area (Å²) in [6.45, 7) is 3.88. The third-order valence-corrected chi connectivity index (χ3v) is 5.91. The number of nitrogens with zero attached hydrogens (tertiary/aromatic N) is 3. The average Bonchev–Trinajstić information content (AvgIpc) is 3.26. The molecule has 7 nitrogen and oxygen atoms in total. The number of H-pyrrole nitrogens is 1. The molecular formula is C17H27N5O2S. The van der Waals surface area contributed by atoms with Gasteiger partial charge in [-0.2, -0.15) is 0 Å². The molecule has 1 saturated carbocycles. The van der Waals surface area contributed by atoms with Crippen LogP contribution in [0.4, 0.5) is 4.79 Å². The van der Waals surface area contributed by atoms with Gasteiger partial charge in [-0.15, -0.1) is 5.10 Å². The van der Waals surface area contributed by atoms with Crippen LogP contribution in [-0.4, -0.2) is 49.9 Å². The van der Waals surface area contributed by atoms with E-state index < -0.39 is 5.54 Å². The molecule has 3 rings (SSSR count). The Hall–Kier alpha value is -1.57. The highest BCUT2D eigenvalue weighted by Crippen LogP contribution is 2.28. The summed E-state index contributed by atoms with van der Waals surface area (Å²) in [4.78, 5) is 29.7. The van der Waals surface area contributed by atoms with Crippen LogP contribution in [0.3, 0.4) is 0 Å². The fourth-order valence-corrected chi connectivity index (χ4v) is 4.24. The zero-order valence-electron chi connectivity index (χ0n) is 15.0. The van der Waals surface area contributed by atoms with E-state index in [2.05, 4.69) is 20.5 Å². The molecule has 3 amide bonds. The van der Waals surface area contributed by atoms with Crippen molar-refractivity contribution in [2.45, 2.75) is 69.5 Å². The number of amides is 3. The molecule has 0 unspecified atom stereocenters. The highest BCUT2D eigenvalue weighted by Gasteiger charge is 2.43. The SMILES string of the molecule is CC1(C)NC(=O)N(CCCSc2n[nH]c(CCC3CCCC3)n2)C1=O. The van der Waals surface area contributed by atoms with Gasteiger partial charge in [0.25, 0.3) is 5.91 Å². The maximum atomic E-state index is 12.1. The minimum atomic E-state index is -0.789. The molecule has 2 heterocycles. The maximum Gasteiger partial charge on any atom is 0.325 e. The first-order valence-electron chi connectivity index (χ1n) is 9.14. The molecule has 138 valence electrons. The molecule has 0 radical (unpaired) electrons. The largest absolute Gasteiger partial charge is 0.325 e. The lowest BCUT2D eigenvalue weighted by Crippen LogP contribution is -2.40. The third kappa shape index (κ3) is 4.54. The number of nitrogens with one attached hydrogen (secondary N) is 2. The number of rotatable bonds is 8. The van der Waals surface area contributed by atoms with Crippen LogP contribution in [0.25, 0.3) is 0 Å². The third-order valence-electron chi connectivity index (χ3n) is 4.98. The first-order valence-corrected chi connectivity index (χ1v) is 10.1. The molecule has 8 heteroatoms. The number of aromatic amines is 1. The number of imide groups is 1. The Kier molecular flexibility index (Phi) is 5.66. The number of hydrogen-bond acceptors (Lipinski definition) is 5. The second kappa shape index (κ2) is 7.76. The molecule has 0 atom stereocenters. The van der Waals surface area contributed by atoms with Crippen molar-refractivity contribution in [3.8, 4) is 0 Å². The van der Waals surface area contributed by atoms with E-state index in [9.17, 15) is 9.59 Å². The summed E-state index contributed by atoms with van der Waals surface area (Å²) >= 11 is 1.56. The molecule has 25 heavy (non-hydrogen) atoms. The quantitative estimate of drug-likeness (QED) is 0.420.